The van der Waals surface area contributed by atoms with Gasteiger partial charge >= 0.3 is 0 Å². The Balaban J connectivity index is 1.65. The lowest BCUT2D eigenvalue weighted by Gasteiger charge is -2.38. The van der Waals surface area contributed by atoms with Crippen molar-refractivity contribution < 1.29 is 9.53 Å². The standard InChI is InChI=1S/C20H31N3O2/c1-15-12-22(13-16(2)25-15)14-19-6-5-11-23(19)20(24)17-7-9-18(10-8-17)21(3)4/h7-10,15-16,19H,5-6,11-14H2,1-4H3. The number of hydrogen-bond acceptors (Lipinski definition) is 4. The summed E-state index contributed by atoms with van der Waals surface area (Å²) in [4.78, 5) is 19.6. The maximum atomic E-state index is 13.0. The first-order valence-corrected chi connectivity index (χ1v) is 9.40. The highest BCUT2D eigenvalue weighted by atomic mass is 16.5. The number of amides is 1. The van der Waals surface area contributed by atoms with E-state index in [1.54, 1.807) is 0 Å². The van der Waals surface area contributed by atoms with Crippen LogP contribution in [-0.4, -0.2) is 74.2 Å². The summed E-state index contributed by atoms with van der Waals surface area (Å²) < 4.78 is 5.83. The molecule has 5 heteroatoms. The van der Waals surface area contributed by atoms with E-state index in [0.717, 1.165) is 50.3 Å². The van der Waals surface area contributed by atoms with E-state index in [4.69, 9.17) is 4.74 Å². The molecule has 0 aliphatic carbocycles. The molecule has 3 unspecified atom stereocenters. The highest BCUT2D eigenvalue weighted by Gasteiger charge is 2.32. The summed E-state index contributed by atoms with van der Waals surface area (Å²) in [7, 11) is 4.02. The van der Waals surface area contributed by atoms with Crippen molar-refractivity contribution in [3.8, 4) is 0 Å². The average Bonchev–Trinajstić information content (AvgIpc) is 3.01. The number of ether oxygens (including phenoxy) is 1. The summed E-state index contributed by atoms with van der Waals surface area (Å²) in [6, 6.07) is 8.25. The predicted molar refractivity (Wildman–Crippen MR) is 101 cm³/mol. The predicted octanol–water partition coefficient (Wildman–Crippen LogP) is 2.47. The lowest BCUT2D eigenvalue weighted by Crippen LogP contribution is -2.50. The molecule has 25 heavy (non-hydrogen) atoms. The summed E-state index contributed by atoms with van der Waals surface area (Å²) in [5.74, 6) is 0.169. The number of rotatable bonds is 4. The van der Waals surface area contributed by atoms with Crippen LogP contribution in [0.2, 0.25) is 0 Å². The van der Waals surface area contributed by atoms with Crippen LogP contribution in [0.1, 0.15) is 37.0 Å². The summed E-state index contributed by atoms with van der Waals surface area (Å²) in [6.45, 7) is 8.01. The molecule has 3 atom stereocenters. The Labute approximate surface area is 151 Å². The van der Waals surface area contributed by atoms with Crippen molar-refractivity contribution in [1.29, 1.82) is 0 Å². The zero-order valence-electron chi connectivity index (χ0n) is 15.9. The summed E-state index contributed by atoms with van der Waals surface area (Å²) in [5, 5.41) is 0. The Morgan fingerprint density at radius 3 is 2.40 bits per heavy atom. The largest absolute Gasteiger partial charge is 0.378 e. The molecule has 1 amide bonds. The zero-order valence-corrected chi connectivity index (χ0v) is 15.9. The Hall–Kier alpha value is -1.59. The van der Waals surface area contributed by atoms with Gasteiger partial charge in [-0.05, 0) is 51.0 Å². The van der Waals surface area contributed by atoms with Crippen LogP contribution >= 0.6 is 0 Å². The number of carbonyl (C=O) groups excluding carboxylic acids is 1. The summed E-state index contributed by atoms with van der Waals surface area (Å²) in [6.07, 6.45) is 2.74. The van der Waals surface area contributed by atoms with Gasteiger partial charge in [-0.2, -0.15) is 0 Å². The maximum absolute atomic E-state index is 13.0. The van der Waals surface area contributed by atoms with Gasteiger partial charge in [0.25, 0.3) is 5.91 Å². The van der Waals surface area contributed by atoms with Crippen LogP contribution in [-0.2, 0) is 4.74 Å². The fourth-order valence-corrected chi connectivity index (χ4v) is 4.09. The second-order valence-electron chi connectivity index (χ2n) is 7.71. The number of likely N-dealkylation sites (tertiary alicyclic amines) is 1. The van der Waals surface area contributed by atoms with Crippen LogP contribution in [0, 0.1) is 0 Å². The second-order valence-corrected chi connectivity index (χ2v) is 7.71. The van der Waals surface area contributed by atoms with Crippen LogP contribution in [0.5, 0.6) is 0 Å². The van der Waals surface area contributed by atoms with Gasteiger partial charge in [-0.25, -0.2) is 0 Å². The first-order valence-electron chi connectivity index (χ1n) is 9.40. The number of anilines is 1. The van der Waals surface area contributed by atoms with E-state index in [1.165, 1.54) is 0 Å². The van der Waals surface area contributed by atoms with E-state index < -0.39 is 0 Å². The molecule has 138 valence electrons. The third kappa shape index (κ3) is 4.33. The van der Waals surface area contributed by atoms with Crippen molar-refractivity contribution in [1.82, 2.24) is 9.80 Å². The number of benzene rings is 1. The summed E-state index contributed by atoms with van der Waals surface area (Å²) >= 11 is 0. The number of nitrogens with zero attached hydrogens (tertiary/aromatic N) is 3. The Morgan fingerprint density at radius 2 is 1.80 bits per heavy atom. The molecular formula is C20H31N3O2. The van der Waals surface area contributed by atoms with Gasteiger partial charge < -0.3 is 14.5 Å². The van der Waals surface area contributed by atoms with Crippen LogP contribution < -0.4 is 4.90 Å². The number of hydrogen-bond donors (Lipinski definition) is 0. The van der Waals surface area contributed by atoms with Gasteiger partial charge in [-0.3, -0.25) is 9.69 Å². The fraction of sp³-hybridized carbons (Fsp3) is 0.650. The highest BCUT2D eigenvalue weighted by Crippen LogP contribution is 2.23. The lowest BCUT2D eigenvalue weighted by molar-refractivity contribution is -0.0715. The van der Waals surface area contributed by atoms with Crippen molar-refractivity contribution >= 4 is 11.6 Å². The first-order chi connectivity index (χ1) is 11.9. The van der Waals surface area contributed by atoms with Crippen LogP contribution in [0.4, 0.5) is 5.69 Å². The molecule has 0 radical (unpaired) electrons. The minimum Gasteiger partial charge on any atom is -0.378 e. The third-order valence-corrected chi connectivity index (χ3v) is 5.23. The van der Waals surface area contributed by atoms with Crippen molar-refractivity contribution in [2.75, 3.05) is 45.2 Å². The summed E-state index contributed by atoms with van der Waals surface area (Å²) in [5.41, 5.74) is 1.91. The lowest BCUT2D eigenvalue weighted by atomic mass is 10.1. The van der Waals surface area contributed by atoms with Gasteiger partial charge in [0.05, 0.1) is 12.2 Å². The van der Waals surface area contributed by atoms with E-state index in [9.17, 15) is 4.79 Å². The molecule has 0 bridgehead atoms. The molecule has 0 N–H and O–H groups in total. The normalized spacial score (nSPS) is 27.5. The third-order valence-electron chi connectivity index (χ3n) is 5.23. The molecule has 1 aromatic rings. The van der Waals surface area contributed by atoms with E-state index in [1.807, 2.05) is 43.3 Å². The van der Waals surface area contributed by atoms with Gasteiger partial charge in [0.2, 0.25) is 0 Å². The van der Waals surface area contributed by atoms with Crippen molar-refractivity contribution in [2.45, 2.75) is 44.9 Å². The molecular weight excluding hydrogens is 314 g/mol. The maximum Gasteiger partial charge on any atom is 0.254 e. The van der Waals surface area contributed by atoms with Crippen LogP contribution in [0.25, 0.3) is 0 Å². The van der Waals surface area contributed by atoms with Crippen molar-refractivity contribution in [3.63, 3.8) is 0 Å². The monoisotopic (exact) mass is 345 g/mol. The quantitative estimate of drug-likeness (QED) is 0.840. The van der Waals surface area contributed by atoms with E-state index in [0.29, 0.717) is 6.04 Å². The highest BCUT2D eigenvalue weighted by molar-refractivity contribution is 5.95. The van der Waals surface area contributed by atoms with Crippen LogP contribution in [0.3, 0.4) is 0 Å². The van der Waals surface area contributed by atoms with E-state index in [-0.39, 0.29) is 18.1 Å². The van der Waals surface area contributed by atoms with E-state index >= 15 is 0 Å². The molecule has 1 aromatic carbocycles. The van der Waals surface area contributed by atoms with Gasteiger partial charge in [0.15, 0.2) is 0 Å². The first kappa shape index (κ1) is 18.2. The van der Waals surface area contributed by atoms with Gasteiger partial charge in [0, 0.05) is 57.6 Å². The van der Waals surface area contributed by atoms with Gasteiger partial charge in [-0.1, -0.05) is 0 Å². The minimum atomic E-state index is 0.169. The molecule has 2 fully saturated rings. The van der Waals surface area contributed by atoms with E-state index in [2.05, 4.69) is 23.6 Å². The fourth-order valence-electron chi connectivity index (χ4n) is 4.09. The van der Waals surface area contributed by atoms with Gasteiger partial charge in [0.1, 0.15) is 0 Å². The topological polar surface area (TPSA) is 36.0 Å². The molecule has 5 nitrogen and oxygen atoms in total. The molecule has 2 aliphatic heterocycles. The molecule has 0 spiro atoms. The Morgan fingerprint density at radius 1 is 1.16 bits per heavy atom. The smallest absolute Gasteiger partial charge is 0.254 e. The Kier molecular flexibility index (Phi) is 5.64. The molecule has 2 heterocycles. The average molecular weight is 345 g/mol. The second kappa shape index (κ2) is 7.75. The minimum absolute atomic E-state index is 0.169. The SMILES string of the molecule is CC1CN(CC2CCCN2C(=O)c2ccc(N(C)C)cc2)CC(C)O1. The number of morpholine rings is 1. The molecule has 2 aliphatic rings. The molecule has 0 saturated carbocycles. The zero-order chi connectivity index (χ0) is 18.0. The van der Waals surface area contributed by atoms with Gasteiger partial charge in [-0.15, -0.1) is 0 Å². The molecule has 0 aromatic heterocycles. The molecule has 3 rings (SSSR count). The Bertz CT molecular complexity index is 577. The van der Waals surface area contributed by atoms with Crippen molar-refractivity contribution in [3.05, 3.63) is 29.8 Å². The van der Waals surface area contributed by atoms with Crippen molar-refractivity contribution in [2.24, 2.45) is 0 Å². The molecule has 2 saturated heterocycles. The number of carbonyl (C=O) groups is 1. The van der Waals surface area contributed by atoms with Crippen LogP contribution in [0.15, 0.2) is 24.3 Å².